The molecular weight excluding hydrogens is 313 g/mol. The van der Waals surface area contributed by atoms with Crippen molar-refractivity contribution in [3.8, 4) is 0 Å². The molecule has 0 spiro atoms. The Kier molecular flexibility index (Phi) is 4.68. The molecule has 116 valence electrons. The summed E-state index contributed by atoms with van der Waals surface area (Å²) in [6, 6.07) is 16.1. The van der Waals surface area contributed by atoms with Gasteiger partial charge in [-0.25, -0.2) is 4.39 Å². The number of halogens is 1. The minimum absolute atomic E-state index is 0.127. The van der Waals surface area contributed by atoms with E-state index in [9.17, 15) is 4.39 Å². The number of hydrogen-bond acceptors (Lipinski definition) is 6. The van der Waals surface area contributed by atoms with Gasteiger partial charge in [0.1, 0.15) is 11.6 Å². The molecule has 0 aliphatic rings. The van der Waals surface area contributed by atoms with E-state index in [-0.39, 0.29) is 11.8 Å². The zero-order valence-corrected chi connectivity index (χ0v) is 12.9. The van der Waals surface area contributed by atoms with Crippen molar-refractivity contribution in [2.75, 3.05) is 11.1 Å². The Morgan fingerprint density at radius 3 is 2.48 bits per heavy atom. The van der Waals surface area contributed by atoms with Crippen molar-refractivity contribution in [3.05, 3.63) is 66.2 Å². The van der Waals surface area contributed by atoms with Crippen LogP contribution >= 0.6 is 11.8 Å². The fourth-order valence-electron chi connectivity index (χ4n) is 1.91. The van der Waals surface area contributed by atoms with Gasteiger partial charge in [0.25, 0.3) is 0 Å². The van der Waals surface area contributed by atoms with Gasteiger partial charge >= 0.3 is 0 Å². The van der Waals surface area contributed by atoms with Crippen molar-refractivity contribution in [3.63, 3.8) is 0 Å². The summed E-state index contributed by atoms with van der Waals surface area (Å²) in [5.74, 6) is 1.12. The number of nitrogens with zero attached hydrogens (tertiary/aromatic N) is 3. The molecule has 0 saturated carbocycles. The quantitative estimate of drug-likeness (QED) is 0.697. The highest BCUT2D eigenvalue weighted by Crippen LogP contribution is 2.24. The molecule has 1 aromatic heterocycles. The van der Waals surface area contributed by atoms with E-state index in [1.54, 1.807) is 18.2 Å². The smallest absolute Gasteiger partial charge is 0.232 e. The minimum Gasteiger partial charge on any atom is -0.368 e. The second kappa shape index (κ2) is 7.06. The van der Waals surface area contributed by atoms with Gasteiger partial charge in [-0.15, -0.1) is 11.8 Å². The van der Waals surface area contributed by atoms with Gasteiger partial charge in [-0.3, -0.25) is 0 Å². The number of aromatic nitrogens is 3. The molecule has 0 radical (unpaired) electrons. The Balaban J connectivity index is 1.74. The molecule has 0 aliphatic carbocycles. The van der Waals surface area contributed by atoms with Crippen LogP contribution in [-0.4, -0.2) is 15.0 Å². The van der Waals surface area contributed by atoms with Crippen LogP contribution in [0.2, 0.25) is 0 Å². The van der Waals surface area contributed by atoms with Crippen LogP contribution in [0.15, 0.2) is 59.5 Å². The van der Waals surface area contributed by atoms with Crippen LogP contribution < -0.4 is 11.1 Å². The normalized spacial score (nSPS) is 10.5. The van der Waals surface area contributed by atoms with Crippen molar-refractivity contribution in [1.29, 1.82) is 0 Å². The molecule has 5 nitrogen and oxygen atoms in total. The van der Waals surface area contributed by atoms with E-state index < -0.39 is 0 Å². The molecule has 2 aromatic carbocycles. The predicted molar refractivity (Wildman–Crippen MR) is 89.9 cm³/mol. The Morgan fingerprint density at radius 1 is 0.957 bits per heavy atom. The maximum atomic E-state index is 13.6. The predicted octanol–water partition coefficient (Wildman–Crippen LogP) is 3.63. The summed E-state index contributed by atoms with van der Waals surface area (Å²) in [6.45, 7) is 0. The van der Waals surface area contributed by atoms with Gasteiger partial charge in [0.2, 0.25) is 11.9 Å². The SMILES string of the molecule is Nc1nc(CSc2ccccc2F)nc(Nc2ccccc2)n1. The fraction of sp³-hybridized carbons (Fsp3) is 0.0625. The van der Waals surface area contributed by atoms with Crippen LogP contribution in [0.5, 0.6) is 0 Å². The van der Waals surface area contributed by atoms with Crippen LogP contribution in [0, 0.1) is 5.82 Å². The first-order valence-corrected chi connectivity index (χ1v) is 7.89. The van der Waals surface area contributed by atoms with Crippen molar-refractivity contribution in [1.82, 2.24) is 15.0 Å². The number of thioether (sulfide) groups is 1. The zero-order chi connectivity index (χ0) is 16.1. The van der Waals surface area contributed by atoms with E-state index in [1.807, 2.05) is 30.3 Å². The topological polar surface area (TPSA) is 76.7 Å². The Hall–Kier alpha value is -2.67. The number of rotatable bonds is 5. The van der Waals surface area contributed by atoms with E-state index in [2.05, 4.69) is 20.3 Å². The third kappa shape index (κ3) is 4.17. The Bertz CT molecular complexity index is 797. The number of para-hydroxylation sites is 1. The maximum Gasteiger partial charge on any atom is 0.232 e. The fourth-order valence-corrected chi connectivity index (χ4v) is 2.71. The van der Waals surface area contributed by atoms with E-state index in [0.29, 0.717) is 22.4 Å². The Labute approximate surface area is 137 Å². The molecule has 0 aliphatic heterocycles. The monoisotopic (exact) mass is 327 g/mol. The summed E-state index contributed by atoms with van der Waals surface area (Å²) in [6.07, 6.45) is 0. The molecule has 0 amide bonds. The summed E-state index contributed by atoms with van der Waals surface area (Å²) in [5, 5.41) is 3.07. The minimum atomic E-state index is -0.262. The summed E-state index contributed by atoms with van der Waals surface area (Å²) in [5.41, 5.74) is 6.58. The third-order valence-corrected chi connectivity index (χ3v) is 3.97. The summed E-state index contributed by atoms with van der Waals surface area (Å²) >= 11 is 1.31. The van der Waals surface area contributed by atoms with E-state index in [4.69, 9.17) is 5.73 Å². The van der Waals surface area contributed by atoms with Crippen molar-refractivity contribution in [2.45, 2.75) is 10.6 Å². The van der Waals surface area contributed by atoms with Crippen LogP contribution in [0.4, 0.5) is 22.0 Å². The van der Waals surface area contributed by atoms with Crippen molar-refractivity contribution >= 4 is 29.3 Å². The molecule has 3 aromatic rings. The van der Waals surface area contributed by atoms with Gasteiger partial charge < -0.3 is 11.1 Å². The van der Waals surface area contributed by atoms with Gasteiger partial charge in [0, 0.05) is 10.6 Å². The van der Waals surface area contributed by atoms with Crippen LogP contribution in [-0.2, 0) is 5.75 Å². The van der Waals surface area contributed by atoms with Gasteiger partial charge in [-0.1, -0.05) is 30.3 Å². The van der Waals surface area contributed by atoms with Gasteiger partial charge in [-0.05, 0) is 24.3 Å². The van der Waals surface area contributed by atoms with E-state index in [0.717, 1.165) is 5.69 Å². The summed E-state index contributed by atoms with van der Waals surface area (Å²) < 4.78 is 13.6. The number of nitrogens with two attached hydrogens (primary N) is 1. The average molecular weight is 327 g/mol. The van der Waals surface area contributed by atoms with Crippen LogP contribution in [0.25, 0.3) is 0 Å². The molecule has 3 rings (SSSR count). The average Bonchev–Trinajstić information content (AvgIpc) is 2.54. The molecule has 0 fully saturated rings. The maximum absolute atomic E-state index is 13.6. The number of benzene rings is 2. The molecular formula is C16H14FN5S. The highest BCUT2D eigenvalue weighted by molar-refractivity contribution is 7.98. The first-order valence-electron chi connectivity index (χ1n) is 6.90. The summed E-state index contributed by atoms with van der Waals surface area (Å²) in [4.78, 5) is 13.0. The number of hydrogen-bond donors (Lipinski definition) is 2. The van der Waals surface area contributed by atoms with Gasteiger partial charge in [0.05, 0.1) is 5.75 Å². The molecule has 0 atom stereocenters. The largest absolute Gasteiger partial charge is 0.368 e. The lowest BCUT2D eigenvalue weighted by atomic mass is 10.3. The lowest BCUT2D eigenvalue weighted by Gasteiger charge is -2.07. The van der Waals surface area contributed by atoms with Gasteiger partial charge in [0.15, 0.2) is 0 Å². The summed E-state index contributed by atoms with van der Waals surface area (Å²) in [7, 11) is 0. The molecule has 7 heteroatoms. The number of nitrogen functional groups attached to an aromatic ring is 1. The lowest BCUT2D eigenvalue weighted by molar-refractivity contribution is 0.602. The lowest BCUT2D eigenvalue weighted by Crippen LogP contribution is -2.06. The third-order valence-electron chi connectivity index (χ3n) is 2.92. The second-order valence-corrected chi connectivity index (χ2v) is 5.66. The number of anilines is 3. The Morgan fingerprint density at radius 2 is 1.70 bits per heavy atom. The van der Waals surface area contributed by atoms with Crippen LogP contribution in [0.3, 0.4) is 0 Å². The zero-order valence-electron chi connectivity index (χ0n) is 12.1. The van der Waals surface area contributed by atoms with Crippen molar-refractivity contribution < 1.29 is 4.39 Å². The second-order valence-electron chi connectivity index (χ2n) is 4.64. The first-order chi connectivity index (χ1) is 11.2. The molecule has 0 saturated heterocycles. The molecule has 0 unspecified atom stereocenters. The standard InChI is InChI=1S/C16H14FN5S/c17-12-8-4-5-9-13(12)23-10-14-20-15(18)22-16(21-14)19-11-6-2-1-3-7-11/h1-9H,10H2,(H3,18,19,20,21,22). The van der Waals surface area contributed by atoms with E-state index >= 15 is 0 Å². The molecule has 0 bridgehead atoms. The molecule has 3 N–H and O–H groups in total. The van der Waals surface area contributed by atoms with Gasteiger partial charge in [-0.2, -0.15) is 15.0 Å². The van der Waals surface area contributed by atoms with Crippen molar-refractivity contribution in [2.24, 2.45) is 0 Å². The number of nitrogens with one attached hydrogen (secondary N) is 1. The highest BCUT2D eigenvalue weighted by atomic mass is 32.2. The highest BCUT2D eigenvalue weighted by Gasteiger charge is 2.07. The van der Waals surface area contributed by atoms with Crippen LogP contribution in [0.1, 0.15) is 5.82 Å². The first kappa shape index (κ1) is 15.2. The van der Waals surface area contributed by atoms with E-state index in [1.165, 1.54) is 17.8 Å². The molecule has 23 heavy (non-hydrogen) atoms. The molecule has 1 heterocycles.